The Morgan fingerprint density at radius 2 is 1.76 bits per heavy atom. The molecule has 0 bridgehead atoms. The third kappa shape index (κ3) is 5.25. The number of aryl methyl sites for hydroxylation is 2. The lowest BCUT2D eigenvalue weighted by molar-refractivity contribution is -0.123. The Labute approximate surface area is 168 Å². The van der Waals surface area contributed by atoms with Gasteiger partial charge in [-0.2, -0.15) is 4.98 Å². The molecule has 3 aromatic rings. The molecule has 0 aliphatic rings. The predicted molar refractivity (Wildman–Crippen MR) is 106 cm³/mol. The number of amides is 1. The number of aromatic nitrogens is 2. The number of ether oxygens (including phenoxy) is 3. The lowest BCUT2D eigenvalue weighted by atomic mass is 10.1. The van der Waals surface area contributed by atoms with Crippen LogP contribution in [-0.2, 0) is 11.3 Å². The molecule has 152 valence electrons. The number of rotatable bonds is 8. The summed E-state index contributed by atoms with van der Waals surface area (Å²) in [6.07, 6.45) is 0. The van der Waals surface area contributed by atoms with Crippen LogP contribution in [0.2, 0.25) is 0 Å². The van der Waals surface area contributed by atoms with Crippen molar-refractivity contribution in [3.8, 4) is 28.6 Å². The van der Waals surface area contributed by atoms with E-state index in [4.69, 9.17) is 18.7 Å². The van der Waals surface area contributed by atoms with E-state index in [0.29, 0.717) is 28.6 Å². The van der Waals surface area contributed by atoms with Gasteiger partial charge in [-0.15, -0.1) is 0 Å². The summed E-state index contributed by atoms with van der Waals surface area (Å²) in [6, 6.07) is 11.1. The van der Waals surface area contributed by atoms with E-state index in [2.05, 4.69) is 15.5 Å². The van der Waals surface area contributed by atoms with Crippen molar-refractivity contribution in [2.45, 2.75) is 20.4 Å². The van der Waals surface area contributed by atoms with Gasteiger partial charge in [0.2, 0.25) is 11.7 Å². The minimum atomic E-state index is -0.282. The first-order valence-electron chi connectivity index (χ1n) is 9.01. The second-order valence-electron chi connectivity index (χ2n) is 6.47. The van der Waals surface area contributed by atoms with Crippen LogP contribution >= 0.6 is 0 Å². The highest BCUT2D eigenvalue weighted by molar-refractivity contribution is 5.77. The molecule has 1 heterocycles. The smallest absolute Gasteiger partial charge is 0.258 e. The second kappa shape index (κ2) is 9.09. The molecule has 0 aliphatic heterocycles. The number of methoxy groups -OCH3 is 2. The van der Waals surface area contributed by atoms with Crippen LogP contribution in [0.5, 0.6) is 17.2 Å². The van der Waals surface area contributed by atoms with Gasteiger partial charge < -0.3 is 24.1 Å². The maximum Gasteiger partial charge on any atom is 0.258 e. The first-order valence-corrected chi connectivity index (χ1v) is 9.01. The SMILES string of the molecule is COc1ccc(-c2noc(CNC(=O)COc3cc(C)cc(C)c3)n2)cc1OC. The highest BCUT2D eigenvalue weighted by Gasteiger charge is 2.13. The fourth-order valence-electron chi connectivity index (χ4n) is 2.81. The molecular weight excluding hydrogens is 374 g/mol. The zero-order valence-corrected chi connectivity index (χ0v) is 16.8. The summed E-state index contributed by atoms with van der Waals surface area (Å²) in [4.78, 5) is 16.3. The van der Waals surface area contributed by atoms with Crippen LogP contribution < -0.4 is 19.5 Å². The summed E-state index contributed by atoms with van der Waals surface area (Å²) in [5.41, 5.74) is 2.87. The quantitative estimate of drug-likeness (QED) is 0.624. The zero-order valence-electron chi connectivity index (χ0n) is 16.8. The van der Waals surface area contributed by atoms with Crippen molar-refractivity contribution < 1.29 is 23.5 Å². The molecule has 0 spiro atoms. The zero-order chi connectivity index (χ0) is 20.8. The molecule has 0 unspecified atom stereocenters. The van der Waals surface area contributed by atoms with Gasteiger partial charge >= 0.3 is 0 Å². The molecule has 0 atom stereocenters. The fraction of sp³-hybridized carbons (Fsp3) is 0.286. The standard InChI is InChI=1S/C21H23N3O5/c1-13-7-14(2)9-16(8-13)28-12-19(25)22-11-20-23-21(24-29-20)15-5-6-17(26-3)18(10-15)27-4/h5-10H,11-12H2,1-4H3,(H,22,25). The molecule has 3 rings (SSSR count). The normalized spacial score (nSPS) is 10.5. The van der Waals surface area contributed by atoms with Gasteiger partial charge in [0.15, 0.2) is 18.1 Å². The van der Waals surface area contributed by atoms with Crippen molar-refractivity contribution in [2.24, 2.45) is 0 Å². The monoisotopic (exact) mass is 397 g/mol. The van der Waals surface area contributed by atoms with E-state index < -0.39 is 0 Å². The summed E-state index contributed by atoms with van der Waals surface area (Å²) in [7, 11) is 3.12. The minimum Gasteiger partial charge on any atom is -0.493 e. The number of hydrogen-bond donors (Lipinski definition) is 1. The molecule has 8 nitrogen and oxygen atoms in total. The van der Waals surface area contributed by atoms with Gasteiger partial charge in [-0.1, -0.05) is 11.2 Å². The molecule has 0 radical (unpaired) electrons. The molecule has 29 heavy (non-hydrogen) atoms. The molecule has 1 amide bonds. The van der Waals surface area contributed by atoms with Crippen molar-refractivity contribution >= 4 is 5.91 Å². The molecule has 1 aromatic heterocycles. The van der Waals surface area contributed by atoms with Crippen molar-refractivity contribution in [1.82, 2.24) is 15.5 Å². The first-order chi connectivity index (χ1) is 14.0. The van der Waals surface area contributed by atoms with E-state index in [1.54, 1.807) is 32.4 Å². The highest BCUT2D eigenvalue weighted by Crippen LogP contribution is 2.31. The molecule has 2 aromatic carbocycles. The molecular formula is C21H23N3O5. The van der Waals surface area contributed by atoms with Crippen LogP contribution in [-0.4, -0.2) is 36.9 Å². The second-order valence-corrected chi connectivity index (χ2v) is 6.47. The Kier molecular flexibility index (Phi) is 6.33. The topological polar surface area (TPSA) is 95.7 Å². The lowest BCUT2D eigenvalue weighted by Crippen LogP contribution is -2.28. The van der Waals surface area contributed by atoms with Gasteiger partial charge in [-0.05, 0) is 55.3 Å². The maximum atomic E-state index is 12.0. The highest BCUT2D eigenvalue weighted by atomic mass is 16.5. The van der Waals surface area contributed by atoms with Gasteiger partial charge in [0, 0.05) is 5.56 Å². The van der Waals surface area contributed by atoms with E-state index in [0.717, 1.165) is 11.1 Å². The van der Waals surface area contributed by atoms with Crippen molar-refractivity contribution in [2.75, 3.05) is 20.8 Å². The van der Waals surface area contributed by atoms with Crippen LogP contribution in [0, 0.1) is 13.8 Å². The molecule has 1 N–H and O–H groups in total. The Hall–Kier alpha value is -3.55. The molecule has 0 fully saturated rings. The summed E-state index contributed by atoms with van der Waals surface area (Å²) < 4.78 is 21.2. The summed E-state index contributed by atoms with van der Waals surface area (Å²) in [5, 5.41) is 6.64. The van der Waals surface area contributed by atoms with E-state index in [1.807, 2.05) is 32.0 Å². The largest absolute Gasteiger partial charge is 0.493 e. The molecule has 8 heteroatoms. The minimum absolute atomic E-state index is 0.0977. The molecule has 0 aliphatic carbocycles. The van der Waals surface area contributed by atoms with Crippen molar-refractivity contribution in [3.63, 3.8) is 0 Å². The fourth-order valence-corrected chi connectivity index (χ4v) is 2.81. The van der Waals surface area contributed by atoms with Gasteiger partial charge in [-0.25, -0.2) is 0 Å². The van der Waals surface area contributed by atoms with Crippen LogP contribution in [0.4, 0.5) is 0 Å². The Morgan fingerprint density at radius 1 is 1.03 bits per heavy atom. The van der Waals surface area contributed by atoms with Crippen LogP contribution in [0.1, 0.15) is 17.0 Å². The number of hydrogen-bond acceptors (Lipinski definition) is 7. The molecule has 0 saturated heterocycles. The third-order valence-electron chi connectivity index (χ3n) is 4.11. The van der Waals surface area contributed by atoms with E-state index in [9.17, 15) is 4.79 Å². The first kappa shape index (κ1) is 20.2. The third-order valence-corrected chi connectivity index (χ3v) is 4.11. The lowest BCUT2D eigenvalue weighted by Gasteiger charge is -2.08. The molecule has 0 saturated carbocycles. The van der Waals surface area contributed by atoms with E-state index >= 15 is 0 Å². The number of carbonyl (C=O) groups excluding carboxylic acids is 1. The van der Waals surface area contributed by atoms with Gasteiger partial charge in [0.05, 0.1) is 20.8 Å². The Balaban J connectivity index is 1.55. The van der Waals surface area contributed by atoms with Crippen LogP contribution in [0.25, 0.3) is 11.4 Å². The summed E-state index contributed by atoms with van der Waals surface area (Å²) in [6.45, 7) is 3.96. The Bertz CT molecular complexity index is 979. The summed E-state index contributed by atoms with van der Waals surface area (Å²) in [5.74, 6) is 2.22. The number of nitrogens with one attached hydrogen (secondary N) is 1. The van der Waals surface area contributed by atoms with Crippen LogP contribution in [0.3, 0.4) is 0 Å². The van der Waals surface area contributed by atoms with Crippen molar-refractivity contribution in [3.05, 3.63) is 53.4 Å². The maximum absolute atomic E-state index is 12.0. The average Bonchev–Trinajstić information content (AvgIpc) is 3.18. The predicted octanol–water partition coefficient (Wildman–Crippen LogP) is 3.07. The van der Waals surface area contributed by atoms with Gasteiger partial charge in [-0.3, -0.25) is 4.79 Å². The van der Waals surface area contributed by atoms with E-state index in [1.165, 1.54) is 0 Å². The van der Waals surface area contributed by atoms with Crippen LogP contribution in [0.15, 0.2) is 40.9 Å². The Morgan fingerprint density at radius 3 is 2.45 bits per heavy atom. The number of benzene rings is 2. The van der Waals surface area contributed by atoms with Gasteiger partial charge in [0.1, 0.15) is 5.75 Å². The number of carbonyl (C=O) groups is 1. The average molecular weight is 397 g/mol. The van der Waals surface area contributed by atoms with E-state index in [-0.39, 0.29) is 24.9 Å². The number of nitrogens with zero attached hydrogens (tertiary/aromatic N) is 2. The van der Waals surface area contributed by atoms with Crippen molar-refractivity contribution in [1.29, 1.82) is 0 Å². The summed E-state index contributed by atoms with van der Waals surface area (Å²) >= 11 is 0. The van der Waals surface area contributed by atoms with Gasteiger partial charge in [0.25, 0.3) is 5.91 Å².